The van der Waals surface area contributed by atoms with E-state index in [0.717, 1.165) is 24.9 Å². The van der Waals surface area contributed by atoms with Crippen LogP contribution in [0.25, 0.3) is 17.1 Å². The second-order valence-corrected chi connectivity index (χ2v) is 9.71. The number of ether oxygens (including phenoxy) is 1. The number of anilines is 1. The Hall–Kier alpha value is -3.85. The van der Waals surface area contributed by atoms with E-state index in [9.17, 15) is 9.59 Å². The molecule has 1 aliphatic carbocycles. The summed E-state index contributed by atoms with van der Waals surface area (Å²) in [7, 11) is 3.37. The summed E-state index contributed by atoms with van der Waals surface area (Å²) in [5.41, 5.74) is 2.08. The number of para-hydroxylation sites is 1. The molecule has 10 heteroatoms. The van der Waals surface area contributed by atoms with Crippen LogP contribution < -0.4 is 15.6 Å². The lowest BCUT2D eigenvalue weighted by molar-refractivity contribution is -0.121. The van der Waals surface area contributed by atoms with Gasteiger partial charge < -0.3 is 14.5 Å². The fraction of sp³-hybridized carbons (Fsp3) is 0.333. The van der Waals surface area contributed by atoms with Crippen LogP contribution in [0.15, 0.2) is 57.7 Å². The van der Waals surface area contributed by atoms with E-state index in [1.54, 1.807) is 41.7 Å². The van der Waals surface area contributed by atoms with Gasteiger partial charge in [0.2, 0.25) is 11.8 Å². The van der Waals surface area contributed by atoms with Crippen LogP contribution in [-0.2, 0) is 11.8 Å². The SMILES string of the molecule is COc1ccc(Cl)cc1-c1nnc([C@H]2CCC[C@@H](C(=O)Nc3c(C)n(C)n(-c4ccccc4)c3=O)C2)o1. The average Bonchev–Trinajstić information content (AvgIpc) is 3.49. The highest BCUT2D eigenvalue weighted by molar-refractivity contribution is 6.30. The molecule has 1 aliphatic rings. The molecule has 0 saturated heterocycles. The van der Waals surface area contributed by atoms with Crippen LogP contribution in [0.5, 0.6) is 5.75 Å². The van der Waals surface area contributed by atoms with Gasteiger partial charge in [0.05, 0.1) is 24.1 Å². The Morgan fingerprint density at radius 1 is 1.16 bits per heavy atom. The van der Waals surface area contributed by atoms with Gasteiger partial charge in [0.15, 0.2) is 0 Å². The Balaban J connectivity index is 1.33. The summed E-state index contributed by atoms with van der Waals surface area (Å²) in [5.74, 6) is 0.874. The van der Waals surface area contributed by atoms with E-state index in [2.05, 4.69) is 15.5 Å². The second-order valence-electron chi connectivity index (χ2n) is 9.28. The number of benzene rings is 2. The smallest absolute Gasteiger partial charge is 0.295 e. The van der Waals surface area contributed by atoms with Crippen LogP contribution in [0.3, 0.4) is 0 Å². The minimum Gasteiger partial charge on any atom is -0.496 e. The molecule has 2 heterocycles. The molecule has 0 aliphatic heterocycles. The maximum absolute atomic E-state index is 13.3. The average molecular weight is 522 g/mol. The fourth-order valence-corrected chi connectivity index (χ4v) is 5.12. The van der Waals surface area contributed by atoms with Gasteiger partial charge in [-0.3, -0.25) is 14.3 Å². The summed E-state index contributed by atoms with van der Waals surface area (Å²) >= 11 is 6.15. The van der Waals surface area contributed by atoms with Crippen molar-refractivity contribution in [2.24, 2.45) is 13.0 Å². The summed E-state index contributed by atoms with van der Waals surface area (Å²) in [6.45, 7) is 1.82. The third-order valence-electron chi connectivity index (χ3n) is 7.03. The molecule has 0 bridgehead atoms. The van der Waals surface area contributed by atoms with E-state index in [4.69, 9.17) is 20.8 Å². The van der Waals surface area contributed by atoms with Gasteiger partial charge in [-0.2, -0.15) is 0 Å². The first-order valence-electron chi connectivity index (χ1n) is 12.2. The molecule has 4 aromatic rings. The van der Waals surface area contributed by atoms with Gasteiger partial charge in [-0.15, -0.1) is 10.2 Å². The Bertz CT molecular complexity index is 1490. The van der Waals surface area contributed by atoms with Crippen LogP contribution in [0, 0.1) is 12.8 Å². The molecule has 2 aromatic heterocycles. The van der Waals surface area contributed by atoms with Crippen molar-refractivity contribution in [2.75, 3.05) is 12.4 Å². The van der Waals surface area contributed by atoms with E-state index in [-0.39, 0.29) is 23.3 Å². The molecule has 1 saturated carbocycles. The summed E-state index contributed by atoms with van der Waals surface area (Å²) in [6.07, 6.45) is 2.95. The minimum atomic E-state index is -0.279. The van der Waals surface area contributed by atoms with Gasteiger partial charge in [-0.25, -0.2) is 4.68 Å². The number of hydrogen-bond donors (Lipinski definition) is 1. The molecule has 37 heavy (non-hydrogen) atoms. The van der Waals surface area contributed by atoms with Gasteiger partial charge >= 0.3 is 0 Å². The van der Waals surface area contributed by atoms with Gasteiger partial charge in [-0.1, -0.05) is 36.2 Å². The number of rotatable bonds is 6. The van der Waals surface area contributed by atoms with Crippen molar-refractivity contribution >= 4 is 23.2 Å². The largest absolute Gasteiger partial charge is 0.496 e. The third kappa shape index (κ3) is 4.79. The molecular weight excluding hydrogens is 494 g/mol. The van der Waals surface area contributed by atoms with Crippen molar-refractivity contribution in [3.63, 3.8) is 0 Å². The van der Waals surface area contributed by atoms with Crippen molar-refractivity contribution in [3.05, 3.63) is 75.5 Å². The Kier molecular flexibility index (Phi) is 6.88. The topological polar surface area (TPSA) is 104 Å². The monoisotopic (exact) mass is 521 g/mol. The van der Waals surface area contributed by atoms with Crippen LogP contribution in [-0.4, -0.2) is 32.6 Å². The quantitative estimate of drug-likeness (QED) is 0.378. The van der Waals surface area contributed by atoms with Gasteiger partial charge in [0, 0.05) is 23.9 Å². The lowest BCUT2D eigenvalue weighted by Crippen LogP contribution is -2.30. The van der Waals surface area contributed by atoms with Crippen LogP contribution in [0.1, 0.15) is 43.2 Å². The Morgan fingerprint density at radius 2 is 1.95 bits per heavy atom. The predicted molar refractivity (Wildman–Crippen MR) is 140 cm³/mol. The maximum atomic E-state index is 13.3. The number of carbonyl (C=O) groups is 1. The number of aromatic nitrogens is 4. The molecule has 1 fully saturated rings. The second kappa shape index (κ2) is 10.3. The van der Waals surface area contributed by atoms with E-state index in [1.165, 1.54) is 0 Å². The third-order valence-corrected chi connectivity index (χ3v) is 7.26. The first-order valence-corrected chi connectivity index (χ1v) is 12.6. The van der Waals surface area contributed by atoms with Crippen LogP contribution >= 0.6 is 11.6 Å². The van der Waals surface area contributed by atoms with Gasteiger partial charge in [0.1, 0.15) is 11.4 Å². The number of carbonyl (C=O) groups excluding carboxylic acids is 1. The minimum absolute atomic E-state index is 0.0613. The molecule has 5 rings (SSSR count). The Morgan fingerprint density at radius 3 is 2.70 bits per heavy atom. The summed E-state index contributed by atoms with van der Waals surface area (Å²) in [5, 5.41) is 11.9. The molecule has 1 amide bonds. The van der Waals surface area contributed by atoms with E-state index < -0.39 is 0 Å². The highest BCUT2D eigenvalue weighted by atomic mass is 35.5. The summed E-state index contributed by atoms with van der Waals surface area (Å²) in [4.78, 5) is 26.5. The first kappa shape index (κ1) is 24.8. The molecule has 9 nitrogen and oxygen atoms in total. The van der Waals surface area contributed by atoms with E-state index in [1.807, 2.05) is 37.3 Å². The van der Waals surface area contributed by atoms with Crippen LogP contribution in [0.4, 0.5) is 5.69 Å². The molecular formula is C27H28ClN5O4. The molecule has 192 valence electrons. The van der Waals surface area contributed by atoms with E-state index >= 15 is 0 Å². The summed E-state index contributed by atoms with van der Waals surface area (Å²) in [6, 6.07) is 14.6. The van der Waals surface area contributed by atoms with Crippen molar-refractivity contribution < 1.29 is 13.9 Å². The molecule has 2 aromatic carbocycles. The predicted octanol–water partition coefficient (Wildman–Crippen LogP) is 5.11. The van der Waals surface area contributed by atoms with Crippen molar-refractivity contribution in [1.29, 1.82) is 0 Å². The highest BCUT2D eigenvalue weighted by Crippen LogP contribution is 2.38. The maximum Gasteiger partial charge on any atom is 0.295 e. The number of hydrogen-bond acceptors (Lipinski definition) is 6. The molecule has 1 N–H and O–H groups in total. The first-order chi connectivity index (χ1) is 17.9. The molecule has 0 spiro atoms. The van der Waals surface area contributed by atoms with E-state index in [0.29, 0.717) is 45.9 Å². The standard InChI is InChI=1S/C27H28ClN5O4/c1-16-23(27(35)33(32(16)2)20-10-5-4-6-11-20)29-24(34)17-8-7-9-18(14-17)25-30-31-26(37-25)21-15-19(28)12-13-22(21)36-3/h4-6,10-13,15,17-18H,7-9,14H2,1-3H3,(H,29,34)/t17-,18+/m1/s1. The summed E-state index contributed by atoms with van der Waals surface area (Å²) < 4.78 is 14.7. The van der Waals surface area contributed by atoms with Crippen molar-refractivity contribution in [3.8, 4) is 22.9 Å². The lowest BCUT2D eigenvalue weighted by atomic mass is 9.81. The molecule has 2 atom stereocenters. The molecule has 0 unspecified atom stereocenters. The van der Waals surface area contributed by atoms with Crippen molar-refractivity contribution in [2.45, 2.75) is 38.5 Å². The van der Waals surface area contributed by atoms with Crippen LogP contribution in [0.2, 0.25) is 5.02 Å². The van der Waals surface area contributed by atoms with Gasteiger partial charge in [0.25, 0.3) is 11.4 Å². The zero-order chi connectivity index (χ0) is 26.1. The van der Waals surface area contributed by atoms with Gasteiger partial charge in [-0.05, 0) is 56.5 Å². The number of methoxy groups -OCH3 is 1. The molecule has 0 radical (unpaired) electrons. The normalized spacial score (nSPS) is 17.5. The number of halogens is 1. The number of nitrogens with zero attached hydrogens (tertiary/aromatic N) is 4. The highest BCUT2D eigenvalue weighted by Gasteiger charge is 2.32. The Labute approximate surface area is 219 Å². The number of amides is 1. The zero-order valence-corrected chi connectivity index (χ0v) is 21.7. The zero-order valence-electron chi connectivity index (χ0n) is 20.9. The number of nitrogens with one attached hydrogen (secondary N) is 1. The van der Waals surface area contributed by atoms with Crippen molar-refractivity contribution in [1.82, 2.24) is 19.6 Å². The lowest BCUT2D eigenvalue weighted by Gasteiger charge is -2.26. The fourth-order valence-electron chi connectivity index (χ4n) is 4.95.